The lowest BCUT2D eigenvalue weighted by Gasteiger charge is -2.16. The standard InChI is InChI=1S/C22H25FN2O2/c1-13(2)17-6-4-5-14(3)20(17)25-22(27)19-11-18(19)21(26)24-12-15-7-9-16(23)10-8-15/h4-10,13,18-19H,11-12H2,1-3H3,(H,24,26)(H,25,27). The van der Waals surface area contributed by atoms with E-state index in [9.17, 15) is 14.0 Å². The van der Waals surface area contributed by atoms with Crippen molar-refractivity contribution < 1.29 is 14.0 Å². The predicted octanol–water partition coefficient (Wildman–Crippen LogP) is 4.15. The summed E-state index contributed by atoms with van der Waals surface area (Å²) in [7, 11) is 0. The molecule has 2 N–H and O–H groups in total. The Labute approximate surface area is 159 Å². The maximum Gasteiger partial charge on any atom is 0.228 e. The van der Waals surface area contributed by atoms with Crippen LogP contribution in [0, 0.1) is 24.6 Å². The number of hydrogen-bond donors (Lipinski definition) is 2. The maximum absolute atomic E-state index is 12.9. The van der Waals surface area contributed by atoms with E-state index in [0.29, 0.717) is 18.9 Å². The number of amides is 2. The summed E-state index contributed by atoms with van der Waals surface area (Å²) in [6.45, 7) is 6.49. The molecule has 2 amide bonds. The summed E-state index contributed by atoms with van der Waals surface area (Å²) in [6.07, 6.45) is 0.560. The van der Waals surface area contributed by atoms with E-state index in [2.05, 4.69) is 24.5 Å². The summed E-state index contributed by atoms with van der Waals surface area (Å²) in [6, 6.07) is 12.0. The van der Waals surface area contributed by atoms with Gasteiger partial charge in [-0.3, -0.25) is 9.59 Å². The van der Waals surface area contributed by atoms with Crippen molar-refractivity contribution in [3.8, 4) is 0 Å². The third kappa shape index (κ3) is 4.54. The van der Waals surface area contributed by atoms with Crippen LogP contribution in [0.25, 0.3) is 0 Å². The van der Waals surface area contributed by atoms with Gasteiger partial charge in [0.15, 0.2) is 0 Å². The molecule has 1 aliphatic rings. The minimum atomic E-state index is -0.305. The molecule has 27 heavy (non-hydrogen) atoms. The predicted molar refractivity (Wildman–Crippen MR) is 104 cm³/mol. The van der Waals surface area contributed by atoms with Crippen LogP contribution in [0.2, 0.25) is 0 Å². The summed E-state index contributed by atoms with van der Waals surface area (Å²) in [5.41, 5.74) is 3.80. The van der Waals surface area contributed by atoms with Crippen molar-refractivity contribution in [2.75, 3.05) is 5.32 Å². The van der Waals surface area contributed by atoms with Crippen LogP contribution in [0.15, 0.2) is 42.5 Å². The molecule has 1 saturated carbocycles. The summed E-state index contributed by atoms with van der Waals surface area (Å²) in [4.78, 5) is 24.9. The third-order valence-electron chi connectivity index (χ3n) is 5.02. The first-order chi connectivity index (χ1) is 12.9. The summed E-state index contributed by atoms with van der Waals surface area (Å²) >= 11 is 0. The van der Waals surface area contributed by atoms with Gasteiger partial charge in [0.1, 0.15) is 5.82 Å². The molecule has 0 aliphatic heterocycles. The Hall–Kier alpha value is -2.69. The van der Waals surface area contributed by atoms with E-state index in [4.69, 9.17) is 0 Å². The molecular weight excluding hydrogens is 343 g/mol. The zero-order chi connectivity index (χ0) is 19.6. The van der Waals surface area contributed by atoms with Gasteiger partial charge in [-0.1, -0.05) is 44.2 Å². The highest BCUT2D eigenvalue weighted by molar-refractivity contribution is 6.00. The molecule has 1 fully saturated rings. The molecule has 0 aromatic heterocycles. The number of nitrogens with one attached hydrogen (secondary N) is 2. The van der Waals surface area contributed by atoms with Crippen molar-refractivity contribution in [1.29, 1.82) is 0 Å². The SMILES string of the molecule is Cc1cccc(C(C)C)c1NC(=O)C1CC1C(=O)NCc1ccc(F)cc1. The van der Waals surface area contributed by atoms with Gasteiger partial charge in [0.25, 0.3) is 0 Å². The van der Waals surface area contributed by atoms with Crippen molar-refractivity contribution in [3.05, 3.63) is 65.0 Å². The minimum Gasteiger partial charge on any atom is -0.352 e. The first-order valence-corrected chi connectivity index (χ1v) is 9.29. The maximum atomic E-state index is 12.9. The van der Waals surface area contributed by atoms with Gasteiger partial charge in [-0.05, 0) is 48.1 Å². The van der Waals surface area contributed by atoms with Crippen molar-refractivity contribution in [2.24, 2.45) is 11.8 Å². The number of hydrogen-bond acceptors (Lipinski definition) is 2. The van der Waals surface area contributed by atoms with E-state index < -0.39 is 0 Å². The van der Waals surface area contributed by atoms with E-state index >= 15 is 0 Å². The lowest BCUT2D eigenvalue weighted by Crippen LogP contribution is -2.27. The normalized spacial score (nSPS) is 18.3. The molecule has 5 heteroatoms. The highest BCUT2D eigenvalue weighted by atomic mass is 19.1. The number of anilines is 1. The summed E-state index contributed by atoms with van der Waals surface area (Å²) in [5, 5.41) is 5.86. The number of carbonyl (C=O) groups is 2. The van der Waals surface area contributed by atoms with Crippen molar-refractivity contribution in [3.63, 3.8) is 0 Å². The molecule has 2 aromatic rings. The van der Waals surface area contributed by atoms with E-state index in [1.54, 1.807) is 12.1 Å². The number of benzene rings is 2. The fourth-order valence-electron chi connectivity index (χ4n) is 3.26. The molecule has 0 saturated heterocycles. The van der Waals surface area contributed by atoms with E-state index in [1.807, 2.05) is 25.1 Å². The molecule has 2 unspecified atom stereocenters. The number of halogens is 1. The Morgan fingerprint density at radius 1 is 1.07 bits per heavy atom. The Morgan fingerprint density at radius 2 is 1.74 bits per heavy atom. The second kappa shape index (κ2) is 7.91. The second-order valence-corrected chi connectivity index (χ2v) is 7.48. The molecule has 1 aliphatic carbocycles. The Balaban J connectivity index is 1.56. The fourth-order valence-corrected chi connectivity index (χ4v) is 3.26. The molecule has 2 aromatic carbocycles. The number of carbonyl (C=O) groups excluding carboxylic acids is 2. The molecule has 0 bridgehead atoms. The summed E-state index contributed by atoms with van der Waals surface area (Å²) < 4.78 is 12.9. The van der Waals surface area contributed by atoms with Gasteiger partial charge in [-0.15, -0.1) is 0 Å². The van der Waals surface area contributed by atoms with E-state index in [1.165, 1.54) is 12.1 Å². The van der Waals surface area contributed by atoms with Crippen LogP contribution in [0.5, 0.6) is 0 Å². The van der Waals surface area contributed by atoms with Crippen LogP contribution in [0.4, 0.5) is 10.1 Å². The smallest absolute Gasteiger partial charge is 0.228 e. The van der Waals surface area contributed by atoms with Crippen LogP contribution >= 0.6 is 0 Å². The zero-order valence-corrected chi connectivity index (χ0v) is 15.9. The number of para-hydroxylation sites is 1. The zero-order valence-electron chi connectivity index (χ0n) is 15.9. The van der Waals surface area contributed by atoms with Crippen molar-refractivity contribution in [1.82, 2.24) is 5.32 Å². The van der Waals surface area contributed by atoms with E-state index in [-0.39, 0.29) is 29.5 Å². The average molecular weight is 368 g/mol. The van der Waals surface area contributed by atoms with Crippen molar-refractivity contribution in [2.45, 2.75) is 39.7 Å². The molecule has 4 nitrogen and oxygen atoms in total. The van der Waals surface area contributed by atoms with Gasteiger partial charge in [0.05, 0.1) is 11.8 Å². The van der Waals surface area contributed by atoms with Gasteiger partial charge in [0, 0.05) is 12.2 Å². The highest BCUT2D eigenvalue weighted by Crippen LogP contribution is 2.40. The second-order valence-electron chi connectivity index (χ2n) is 7.48. The molecule has 3 rings (SSSR count). The molecular formula is C22H25FN2O2. The first-order valence-electron chi connectivity index (χ1n) is 9.29. The average Bonchev–Trinajstić information content (AvgIpc) is 3.43. The van der Waals surface area contributed by atoms with Gasteiger partial charge in [-0.2, -0.15) is 0 Å². The molecule has 142 valence electrons. The molecule has 0 heterocycles. The Bertz CT molecular complexity index is 846. The van der Waals surface area contributed by atoms with Gasteiger partial charge in [-0.25, -0.2) is 4.39 Å². The largest absolute Gasteiger partial charge is 0.352 e. The quantitative estimate of drug-likeness (QED) is 0.805. The van der Waals surface area contributed by atoms with Gasteiger partial charge < -0.3 is 10.6 Å². The monoisotopic (exact) mass is 368 g/mol. The van der Waals surface area contributed by atoms with Gasteiger partial charge >= 0.3 is 0 Å². The minimum absolute atomic E-state index is 0.104. The number of rotatable bonds is 6. The van der Waals surface area contributed by atoms with Crippen molar-refractivity contribution >= 4 is 17.5 Å². The van der Waals surface area contributed by atoms with Crippen LogP contribution in [-0.2, 0) is 16.1 Å². The van der Waals surface area contributed by atoms with Gasteiger partial charge in [0.2, 0.25) is 11.8 Å². The molecule has 0 spiro atoms. The highest BCUT2D eigenvalue weighted by Gasteiger charge is 2.48. The Kier molecular flexibility index (Phi) is 5.59. The molecule has 2 atom stereocenters. The lowest BCUT2D eigenvalue weighted by molar-refractivity contribution is -0.125. The molecule has 0 radical (unpaired) electrons. The van der Waals surface area contributed by atoms with Crippen LogP contribution in [0.3, 0.4) is 0 Å². The van der Waals surface area contributed by atoms with Crippen LogP contribution in [-0.4, -0.2) is 11.8 Å². The first kappa shape index (κ1) is 19.1. The topological polar surface area (TPSA) is 58.2 Å². The Morgan fingerprint density at radius 3 is 2.41 bits per heavy atom. The summed E-state index contributed by atoms with van der Waals surface area (Å²) in [5.74, 6) is -0.827. The number of aryl methyl sites for hydroxylation is 1. The lowest BCUT2D eigenvalue weighted by atomic mass is 9.98. The fraction of sp³-hybridized carbons (Fsp3) is 0.364. The third-order valence-corrected chi connectivity index (χ3v) is 5.02. The van der Waals surface area contributed by atoms with Crippen LogP contribution < -0.4 is 10.6 Å². The van der Waals surface area contributed by atoms with E-state index in [0.717, 1.165) is 22.4 Å². The van der Waals surface area contributed by atoms with Crippen LogP contribution in [0.1, 0.15) is 42.9 Å².